The quantitative estimate of drug-likeness (QED) is 0.867. The molecule has 18 heavy (non-hydrogen) atoms. The van der Waals surface area contributed by atoms with Crippen molar-refractivity contribution in [2.75, 3.05) is 20.2 Å². The van der Waals surface area contributed by atoms with Crippen molar-refractivity contribution in [3.63, 3.8) is 0 Å². The van der Waals surface area contributed by atoms with E-state index in [1.165, 1.54) is 22.3 Å². The highest BCUT2D eigenvalue weighted by Gasteiger charge is 2.22. The van der Waals surface area contributed by atoms with Crippen LogP contribution in [0.5, 0.6) is 0 Å². The third kappa shape index (κ3) is 3.56. The largest absolute Gasteiger partial charge is 0.394 e. The van der Waals surface area contributed by atoms with Crippen molar-refractivity contribution >= 4 is 0 Å². The predicted molar refractivity (Wildman–Crippen MR) is 78.2 cm³/mol. The molecule has 0 aliphatic rings. The molecule has 1 N–H and O–H groups in total. The number of aryl methyl sites for hydroxylation is 3. The van der Waals surface area contributed by atoms with Crippen molar-refractivity contribution in [2.45, 2.75) is 46.6 Å². The van der Waals surface area contributed by atoms with Crippen LogP contribution in [0.25, 0.3) is 0 Å². The lowest BCUT2D eigenvalue weighted by molar-refractivity contribution is 0.0800. The molecule has 0 atom stereocenters. The van der Waals surface area contributed by atoms with Gasteiger partial charge in [-0.15, -0.1) is 0 Å². The monoisotopic (exact) mass is 249 g/mol. The fourth-order valence-corrected chi connectivity index (χ4v) is 2.31. The zero-order valence-electron chi connectivity index (χ0n) is 12.7. The zero-order valence-corrected chi connectivity index (χ0v) is 12.7. The third-order valence-corrected chi connectivity index (χ3v) is 3.96. The molecular weight excluding hydrogens is 222 g/mol. The van der Waals surface area contributed by atoms with Crippen molar-refractivity contribution in [3.8, 4) is 0 Å². The van der Waals surface area contributed by atoms with Crippen molar-refractivity contribution in [1.82, 2.24) is 4.90 Å². The second-order valence-corrected chi connectivity index (χ2v) is 6.02. The molecule has 0 radical (unpaired) electrons. The van der Waals surface area contributed by atoms with Gasteiger partial charge in [-0.3, -0.25) is 4.90 Å². The van der Waals surface area contributed by atoms with Crippen molar-refractivity contribution in [2.24, 2.45) is 0 Å². The van der Waals surface area contributed by atoms with Crippen molar-refractivity contribution < 1.29 is 5.11 Å². The molecule has 0 aromatic heterocycles. The Bertz CT molecular complexity index is 387. The van der Waals surface area contributed by atoms with Crippen LogP contribution in [0, 0.1) is 20.8 Å². The fraction of sp³-hybridized carbons (Fsp3) is 0.625. The summed E-state index contributed by atoms with van der Waals surface area (Å²) >= 11 is 0. The summed E-state index contributed by atoms with van der Waals surface area (Å²) in [6.07, 6.45) is 1.04. The normalized spacial score (nSPS) is 12.2. The SMILES string of the molecule is Cc1cc(C)c(CCN(C)C(C)(C)CO)c(C)c1. The lowest BCUT2D eigenvalue weighted by Crippen LogP contribution is -2.45. The van der Waals surface area contributed by atoms with E-state index >= 15 is 0 Å². The van der Waals surface area contributed by atoms with Gasteiger partial charge in [0.05, 0.1) is 6.61 Å². The number of rotatable bonds is 5. The highest BCUT2D eigenvalue weighted by molar-refractivity contribution is 5.37. The van der Waals surface area contributed by atoms with Gasteiger partial charge in [0.2, 0.25) is 0 Å². The summed E-state index contributed by atoms with van der Waals surface area (Å²) in [5.74, 6) is 0. The first-order chi connectivity index (χ1) is 8.27. The maximum atomic E-state index is 9.37. The Hall–Kier alpha value is -0.860. The minimum Gasteiger partial charge on any atom is -0.394 e. The molecule has 0 amide bonds. The second-order valence-electron chi connectivity index (χ2n) is 6.02. The number of nitrogens with zero attached hydrogens (tertiary/aromatic N) is 1. The van der Waals surface area contributed by atoms with E-state index in [1.807, 2.05) is 0 Å². The van der Waals surface area contributed by atoms with Crippen LogP contribution in [0.15, 0.2) is 12.1 Å². The Morgan fingerprint density at radius 3 is 2.06 bits per heavy atom. The van der Waals surface area contributed by atoms with Crippen LogP contribution in [-0.4, -0.2) is 35.7 Å². The molecule has 0 saturated carbocycles. The summed E-state index contributed by atoms with van der Waals surface area (Å²) in [5, 5.41) is 9.37. The van der Waals surface area contributed by atoms with E-state index in [9.17, 15) is 5.11 Å². The zero-order chi connectivity index (χ0) is 13.9. The Labute approximate surface area is 112 Å². The highest BCUT2D eigenvalue weighted by atomic mass is 16.3. The van der Waals surface area contributed by atoms with Crippen LogP contribution >= 0.6 is 0 Å². The molecule has 0 spiro atoms. The van der Waals surface area contributed by atoms with Gasteiger partial charge in [0.25, 0.3) is 0 Å². The van der Waals surface area contributed by atoms with Crippen LogP contribution < -0.4 is 0 Å². The molecular formula is C16H27NO. The van der Waals surface area contributed by atoms with Crippen molar-refractivity contribution in [1.29, 1.82) is 0 Å². The van der Waals surface area contributed by atoms with E-state index in [2.05, 4.69) is 58.7 Å². The van der Waals surface area contributed by atoms with Crippen LogP contribution in [0.4, 0.5) is 0 Å². The number of hydrogen-bond donors (Lipinski definition) is 1. The molecule has 1 rings (SSSR count). The van der Waals surface area contributed by atoms with Gasteiger partial charge in [0, 0.05) is 12.1 Å². The summed E-state index contributed by atoms with van der Waals surface area (Å²) in [5.41, 5.74) is 5.39. The second kappa shape index (κ2) is 5.85. The van der Waals surface area contributed by atoms with Gasteiger partial charge in [-0.1, -0.05) is 17.7 Å². The Balaban J connectivity index is 2.76. The maximum absolute atomic E-state index is 9.37. The van der Waals surface area contributed by atoms with Crippen LogP contribution in [0.2, 0.25) is 0 Å². The number of likely N-dealkylation sites (N-methyl/N-ethyl adjacent to an activating group) is 1. The first kappa shape index (κ1) is 15.2. The summed E-state index contributed by atoms with van der Waals surface area (Å²) in [4.78, 5) is 2.23. The van der Waals surface area contributed by atoms with E-state index in [-0.39, 0.29) is 12.1 Å². The molecule has 0 heterocycles. The molecule has 0 aliphatic heterocycles. The summed E-state index contributed by atoms with van der Waals surface area (Å²) in [7, 11) is 2.08. The Morgan fingerprint density at radius 2 is 1.61 bits per heavy atom. The molecule has 1 aromatic carbocycles. The van der Waals surface area contributed by atoms with Gasteiger partial charge in [0.15, 0.2) is 0 Å². The van der Waals surface area contributed by atoms with Gasteiger partial charge in [0.1, 0.15) is 0 Å². The smallest absolute Gasteiger partial charge is 0.0609 e. The Kier molecular flexibility index (Phi) is 4.94. The van der Waals surface area contributed by atoms with E-state index in [4.69, 9.17) is 0 Å². The van der Waals surface area contributed by atoms with Gasteiger partial charge >= 0.3 is 0 Å². The van der Waals surface area contributed by atoms with Crippen LogP contribution in [-0.2, 0) is 6.42 Å². The first-order valence-corrected chi connectivity index (χ1v) is 6.67. The van der Waals surface area contributed by atoms with Crippen LogP contribution in [0.3, 0.4) is 0 Å². The minimum absolute atomic E-state index is 0.146. The lowest BCUT2D eigenvalue weighted by Gasteiger charge is -2.34. The Morgan fingerprint density at radius 1 is 1.11 bits per heavy atom. The van der Waals surface area contributed by atoms with Gasteiger partial charge in [-0.05, 0) is 64.8 Å². The topological polar surface area (TPSA) is 23.5 Å². The van der Waals surface area contributed by atoms with E-state index in [1.54, 1.807) is 0 Å². The van der Waals surface area contributed by atoms with Crippen LogP contribution in [0.1, 0.15) is 36.1 Å². The number of aliphatic hydroxyl groups is 1. The minimum atomic E-state index is -0.146. The predicted octanol–water partition coefficient (Wildman–Crippen LogP) is 2.86. The molecule has 1 aromatic rings. The number of aliphatic hydroxyl groups excluding tert-OH is 1. The average molecular weight is 249 g/mol. The fourth-order valence-electron chi connectivity index (χ4n) is 2.31. The summed E-state index contributed by atoms with van der Waals surface area (Å²) < 4.78 is 0. The molecule has 2 nitrogen and oxygen atoms in total. The van der Waals surface area contributed by atoms with Gasteiger partial charge in [-0.25, -0.2) is 0 Å². The lowest BCUT2D eigenvalue weighted by atomic mass is 9.96. The van der Waals surface area contributed by atoms with Gasteiger partial charge in [-0.2, -0.15) is 0 Å². The summed E-state index contributed by atoms with van der Waals surface area (Å²) in [6, 6.07) is 4.50. The molecule has 102 valence electrons. The molecule has 0 aliphatic carbocycles. The number of benzene rings is 1. The maximum Gasteiger partial charge on any atom is 0.0609 e. The third-order valence-electron chi connectivity index (χ3n) is 3.96. The van der Waals surface area contributed by atoms with E-state index in [0.717, 1.165) is 13.0 Å². The molecule has 0 fully saturated rings. The first-order valence-electron chi connectivity index (χ1n) is 6.67. The average Bonchev–Trinajstić information content (AvgIpc) is 2.27. The standard InChI is InChI=1S/C16H27NO/c1-12-9-13(2)15(14(3)10-12)7-8-17(6)16(4,5)11-18/h9-10,18H,7-8,11H2,1-6H3. The molecule has 0 unspecified atom stereocenters. The van der Waals surface area contributed by atoms with Crippen molar-refractivity contribution in [3.05, 3.63) is 34.4 Å². The van der Waals surface area contributed by atoms with E-state index < -0.39 is 0 Å². The molecule has 0 saturated heterocycles. The molecule has 2 heteroatoms. The summed E-state index contributed by atoms with van der Waals surface area (Å²) in [6.45, 7) is 11.8. The van der Waals surface area contributed by atoms with Gasteiger partial charge < -0.3 is 5.11 Å². The molecule has 0 bridgehead atoms. The van der Waals surface area contributed by atoms with E-state index in [0.29, 0.717) is 0 Å². The highest BCUT2D eigenvalue weighted by Crippen LogP contribution is 2.19. The number of hydrogen-bond acceptors (Lipinski definition) is 2.